The minimum atomic E-state index is -0.191. The summed E-state index contributed by atoms with van der Waals surface area (Å²) in [5, 5.41) is 17.3. The zero-order valence-corrected chi connectivity index (χ0v) is 13.3. The summed E-state index contributed by atoms with van der Waals surface area (Å²) in [6.07, 6.45) is -0.191. The van der Waals surface area contributed by atoms with Crippen LogP contribution in [0.3, 0.4) is 0 Å². The highest BCUT2D eigenvalue weighted by Crippen LogP contribution is 2.32. The number of amidine groups is 1. The van der Waals surface area contributed by atoms with Crippen LogP contribution < -0.4 is 10.6 Å². The molecule has 0 radical (unpaired) electrons. The molecule has 1 aliphatic rings. The minimum Gasteiger partial charge on any atom is -0.394 e. The molecule has 1 aliphatic heterocycles. The van der Waals surface area contributed by atoms with Crippen molar-refractivity contribution >= 4 is 23.3 Å². The Hall–Kier alpha value is -1.24. The topological polar surface area (TPSA) is 82.6 Å². The van der Waals surface area contributed by atoms with Gasteiger partial charge in [-0.1, -0.05) is 13.0 Å². The van der Waals surface area contributed by atoms with E-state index in [0.717, 1.165) is 21.9 Å². The number of morpholine rings is 1. The molecule has 0 aliphatic carbocycles. The van der Waals surface area contributed by atoms with E-state index in [4.69, 9.17) is 15.9 Å². The van der Waals surface area contributed by atoms with E-state index in [1.54, 1.807) is 11.8 Å². The summed E-state index contributed by atoms with van der Waals surface area (Å²) >= 11 is 1.69. The molecule has 0 amide bonds. The molecule has 1 aromatic rings. The second-order valence-electron chi connectivity index (χ2n) is 5.14. The number of aliphatic hydroxyl groups is 1. The van der Waals surface area contributed by atoms with Crippen LogP contribution in [0.5, 0.6) is 0 Å². The van der Waals surface area contributed by atoms with Gasteiger partial charge >= 0.3 is 0 Å². The van der Waals surface area contributed by atoms with E-state index >= 15 is 0 Å². The molecule has 2 rings (SSSR count). The van der Waals surface area contributed by atoms with Crippen molar-refractivity contribution in [3.8, 4) is 0 Å². The lowest BCUT2D eigenvalue weighted by molar-refractivity contribution is -0.0103. The van der Waals surface area contributed by atoms with Crippen LogP contribution in [0.4, 0.5) is 5.69 Å². The Morgan fingerprint density at radius 1 is 1.57 bits per heavy atom. The number of thioether (sulfide) groups is 1. The fourth-order valence-corrected chi connectivity index (χ4v) is 3.41. The molecule has 1 heterocycles. The fraction of sp³-hybridized carbons (Fsp3) is 0.533. The molecule has 4 N–H and O–H groups in total. The normalized spacial score (nSPS) is 22.3. The highest BCUT2D eigenvalue weighted by atomic mass is 32.2. The summed E-state index contributed by atoms with van der Waals surface area (Å²) in [6.45, 7) is 5.34. The quantitative estimate of drug-likeness (QED) is 0.438. The molecule has 0 spiro atoms. The van der Waals surface area contributed by atoms with Crippen LogP contribution in [0.2, 0.25) is 0 Å². The smallest absolute Gasteiger partial charge is 0.126 e. The second kappa shape index (κ2) is 7.15. The second-order valence-corrected chi connectivity index (χ2v) is 6.44. The Balaban J connectivity index is 2.41. The van der Waals surface area contributed by atoms with Crippen LogP contribution in [0.25, 0.3) is 0 Å². The third-order valence-electron chi connectivity index (χ3n) is 3.59. The van der Waals surface area contributed by atoms with Crippen molar-refractivity contribution in [2.45, 2.75) is 30.9 Å². The lowest BCUT2D eigenvalue weighted by Crippen LogP contribution is -2.50. The van der Waals surface area contributed by atoms with Crippen molar-refractivity contribution in [2.24, 2.45) is 5.73 Å². The van der Waals surface area contributed by atoms with Crippen LogP contribution in [0.1, 0.15) is 19.4 Å². The van der Waals surface area contributed by atoms with Gasteiger partial charge in [0.05, 0.1) is 24.9 Å². The van der Waals surface area contributed by atoms with Gasteiger partial charge in [-0.05, 0) is 24.8 Å². The van der Waals surface area contributed by atoms with Gasteiger partial charge in [0.2, 0.25) is 0 Å². The molecule has 0 saturated carbocycles. The van der Waals surface area contributed by atoms with Crippen molar-refractivity contribution < 1.29 is 9.84 Å². The summed E-state index contributed by atoms with van der Waals surface area (Å²) in [7, 11) is 0. The number of hydrogen-bond acceptors (Lipinski definition) is 5. The monoisotopic (exact) mass is 309 g/mol. The van der Waals surface area contributed by atoms with Crippen LogP contribution in [0, 0.1) is 5.41 Å². The van der Waals surface area contributed by atoms with Crippen molar-refractivity contribution in [1.82, 2.24) is 0 Å². The highest BCUT2D eigenvalue weighted by molar-refractivity contribution is 7.99. The van der Waals surface area contributed by atoms with Gasteiger partial charge in [-0.2, -0.15) is 0 Å². The molecule has 0 aromatic heterocycles. The summed E-state index contributed by atoms with van der Waals surface area (Å²) in [4.78, 5) is 3.21. The number of nitrogen functional groups attached to an aromatic ring is 1. The Bertz CT molecular complexity index is 510. The maximum Gasteiger partial charge on any atom is 0.126 e. The first-order chi connectivity index (χ1) is 10.1. The van der Waals surface area contributed by atoms with Gasteiger partial charge < -0.3 is 20.5 Å². The van der Waals surface area contributed by atoms with Gasteiger partial charge in [-0.25, -0.2) is 0 Å². The first-order valence-electron chi connectivity index (χ1n) is 7.17. The van der Waals surface area contributed by atoms with E-state index in [0.29, 0.717) is 13.2 Å². The molecule has 0 bridgehead atoms. The molecule has 1 saturated heterocycles. The highest BCUT2D eigenvalue weighted by Gasteiger charge is 2.28. The van der Waals surface area contributed by atoms with Crippen molar-refractivity contribution in [3.05, 3.63) is 23.8 Å². The lowest BCUT2D eigenvalue weighted by Gasteiger charge is -2.40. The predicted molar refractivity (Wildman–Crippen MR) is 87.5 cm³/mol. The van der Waals surface area contributed by atoms with Crippen molar-refractivity contribution in [3.63, 3.8) is 0 Å². The maximum atomic E-state index is 9.34. The average molecular weight is 309 g/mol. The third kappa shape index (κ3) is 3.51. The molecule has 1 aromatic carbocycles. The van der Waals surface area contributed by atoms with Gasteiger partial charge in [-0.3, -0.25) is 5.41 Å². The van der Waals surface area contributed by atoms with Gasteiger partial charge in [0, 0.05) is 23.2 Å². The van der Waals surface area contributed by atoms with Crippen LogP contribution in [0.15, 0.2) is 23.1 Å². The fourth-order valence-electron chi connectivity index (χ4n) is 2.57. The molecule has 1 fully saturated rings. The Labute approximate surface area is 130 Å². The molecule has 21 heavy (non-hydrogen) atoms. The molecule has 2 atom stereocenters. The molecule has 5 nitrogen and oxygen atoms in total. The molecule has 116 valence electrons. The zero-order chi connectivity index (χ0) is 15.4. The summed E-state index contributed by atoms with van der Waals surface area (Å²) in [5.74, 6) is 1.02. The zero-order valence-electron chi connectivity index (χ0n) is 12.5. The number of nitrogens with two attached hydrogens (primary N) is 1. The Morgan fingerprint density at radius 3 is 2.95 bits per heavy atom. The molecular weight excluding hydrogens is 286 g/mol. The Kier molecular flexibility index (Phi) is 5.50. The van der Waals surface area contributed by atoms with Gasteiger partial charge in [0.15, 0.2) is 0 Å². The SMILES string of the molecule is CCSc1cccc(N2CC(CO)OCC2C)c1C(=N)N. The van der Waals surface area contributed by atoms with Crippen molar-refractivity contribution in [2.75, 3.05) is 30.4 Å². The summed E-state index contributed by atoms with van der Waals surface area (Å²) < 4.78 is 5.59. The van der Waals surface area contributed by atoms with E-state index in [2.05, 4.69) is 18.7 Å². The number of anilines is 1. The number of nitrogens with zero attached hydrogens (tertiary/aromatic N) is 1. The van der Waals surface area contributed by atoms with Gasteiger partial charge in [-0.15, -0.1) is 11.8 Å². The van der Waals surface area contributed by atoms with Crippen LogP contribution in [-0.4, -0.2) is 48.6 Å². The first-order valence-corrected chi connectivity index (χ1v) is 8.16. The van der Waals surface area contributed by atoms with Crippen molar-refractivity contribution in [1.29, 1.82) is 5.41 Å². The maximum absolute atomic E-state index is 9.34. The van der Waals surface area contributed by atoms with Crippen LogP contribution in [-0.2, 0) is 4.74 Å². The number of hydrogen-bond donors (Lipinski definition) is 3. The number of nitrogens with one attached hydrogen (secondary N) is 1. The molecule has 2 unspecified atom stereocenters. The first kappa shape index (κ1) is 16.1. The lowest BCUT2D eigenvalue weighted by atomic mass is 10.1. The summed E-state index contributed by atoms with van der Waals surface area (Å²) in [6, 6.07) is 6.18. The van der Waals surface area contributed by atoms with Gasteiger partial charge in [0.1, 0.15) is 5.84 Å². The molecular formula is C15H23N3O2S. The predicted octanol–water partition coefficient (Wildman–Crippen LogP) is 1.67. The largest absolute Gasteiger partial charge is 0.394 e. The van der Waals surface area contributed by atoms with Crippen LogP contribution >= 0.6 is 11.8 Å². The van der Waals surface area contributed by atoms with E-state index in [1.165, 1.54) is 0 Å². The number of rotatable bonds is 5. The third-order valence-corrected chi connectivity index (χ3v) is 4.53. The standard InChI is InChI=1S/C15H23N3O2S/c1-3-21-13-6-4-5-12(14(13)15(16)17)18-7-11(8-19)20-9-10(18)2/h4-6,10-11,19H,3,7-9H2,1-2H3,(H3,16,17). The van der Waals surface area contributed by atoms with E-state index < -0.39 is 0 Å². The summed E-state index contributed by atoms with van der Waals surface area (Å²) in [5.41, 5.74) is 7.57. The van der Waals surface area contributed by atoms with E-state index in [9.17, 15) is 5.11 Å². The van der Waals surface area contributed by atoms with Gasteiger partial charge in [0.25, 0.3) is 0 Å². The number of ether oxygens (including phenoxy) is 1. The molecule has 6 heteroatoms. The average Bonchev–Trinajstić information content (AvgIpc) is 2.47. The minimum absolute atomic E-state index is 0.00201. The number of aliphatic hydroxyl groups excluding tert-OH is 1. The van der Waals surface area contributed by atoms with E-state index in [1.807, 2.05) is 18.2 Å². The Morgan fingerprint density at radius 2 is 2.33 bits per heavy atom. The van der Waals surface area contributed by atoms with E-state index in [-0.39, 0.29) is 24.6 Å². The number of benzene rings is 1.